The lowest BCUT2D eigenvalue weighted by Crippen LogP contribution is -2.28. The quantitative estimate of drug-likeness (QED) is 0.791. The van der Waals surface area contributed by atoms with Gasteiger partial charge in [-0.05, 0) is 36.6 Å². The number of hydrogen-bond donors (Lipinski definition) is 1. The standard InChI is InChI=1S/C13H15BrF3NO2/c1-9(6-7-14)8-18-12(19)10-2-4-11(5-3-10)20-13(15,16)17/h2-5,9H,6-8H2,1H3,(H,18,19). The first-order valence-corrected chi connectivity index (χ1v) is 7.14. The number of rotatable bonds is 6. The van der Waals surface area contributed by atoms with Crippen LogP contribution in [0.3, 0.4) is 0 Å². The van der Waals surface area contributed by atoms with E-state index in [0.717, 1.165) is 23.9 Å². The first-order chi connectivity index (χ1) is 9.31. The molecule has 0 spiro atoms. The van der Waals surface area contributed by atoms with Crippen molar-refractivity contribution in [2.24, 2.45) is 5.92 Å². The summed E-state index contributed by atoms with van der Waals surface area (Å²) in [6, 6.07) is 4.83. The van der Waals surface area contributed by atoms with Crippen LogP contribution in [0.2, 0.25) is 0 Å². The molecule has 0 heterocycles. The maximum absolute atomic E-state index is 12.0. The summed E-state index contributed by atoms with van der Waals surface area (Å²) in [4.78, 5) is 11.8. The van der Waals surface area contributed by atoms with Crippen molar-refractivity contribution in [3.05, 3.63) is 29.8 Å². The van der Waals surface area contributed by atoms with Gasteiger partial charge in [0.25, 0.3) is 5.91 Å². The molecule has 112 valence electrons. The van der Waals surface area contributed by atoms with Gasteiger partial charge in [0.1, 0.15) is 5.75 Å². The number of alkyl halides is 4. The van der Waals surface area contributed by atoms with Crippen LogP contribution in [0.15, 0.2) is 24.3 Å². The van der Waals surface area contributed by atoms with Crippen LogP contribution < -0.4 is 10.1 Å². The van der Waals surface area contributed by atoms with Gasteiger partial charge in [-0.2, -0.15) is 0 Å². The summed E-state index contributed by atoms with van der Waals surface area (Å²) in [5.41, 5.74) is 0.297. The molecule has 1 rings (SSSR count). The zero-order chi connectivity index (χ0) is 15.2. The molecule has 1 unspecified atom stereocenters. The second-order valence-corrected chi connectivity index (χ2v) is 5.16. The van der Waals surface area contributed by atoms with Crippen LogP contribution in [0.5, 0.6) is 5.75 Å². The lowest BCUT2D eigenvalue weighted by atomic mass is 10.1. The Bertz CT molecular complexity index is 434. The first kappa shape index (κ1) is 16.8. The van der Waals surface area contributed by atoms with Crippen molar-refractivity contribution >= 4 is 21.8 Å². The number of ether oxygens (including phenoxy) is 1. The molecule has 20 heavy (non-hydrogen) atoms. The van der Waals surface area contributed by atoms with Crippen LogP contribution in [0.25, 0.3) is 0 Å². The Morgan fingerprint density at radius 2 is 1.95 bits per heavy atom. The van der Waals surface area contributed by atoms with Crippen molar-refractivity contribution in [1.82, 2.24) is 5.32 Å². The summed E-state index contributed by atoms with van der Waals surface area (Å²) < 4.78 is 39.7. The molecule has 0 aromatic heterocycles. The topological polar surface area (TPSA) is 38.3 Å². The summed E-state index contributed by atoms with van der Waals surface area (Å²) >= 11 is 3.32. The zero-order valence-electron chi connectivity index (χ0n) is 10.8. The lowest BCUT2D eigenvalue weighted by Gasteiger charge is -2.12. The number of carbonyl (C=O) groups excluding carboxylic acids is 1. The Morgan fingerprint density at radius 3 is 2.45 bits per heavy atom. The van der Waals surface area contributed by atoms with Gasteiger partial charge < -0.3 is 10.1 Å². The van der Waals surface area contributed by atoms with E-state index >= 15 is 0 Å². The molecule has 0 bridgehead atoms. The van der Waals surface area contributed by atoms with E-state index in [1.807, 2.05) is 6.92 Å². The molecule has 0 radical (unpaired) electrons. The molecule has 0 aliphatic carbocycles. The summed E-state index contributed by atoms with van der Waals surface area (Å²) in [7, 11) is 0. The molecule has 0 aliphatic rings. The highest BCUT2D eigenvalue weighted by Gasteiger charge is 2.31. The van der Waals surface area contributed by atoms with Gasteiger partial charge in [-0.3, -0.25) is 4.79 Å². The predicted octanol–water partition coefficient (Wildman–Crippen LogP) is 3.74. The molecule has 0 fully saturated rings. The minimum Gasteiger partial charge on any atom is -0.406 e. The molecular weight excluding hydrogens is 339 g/mol. The van der Waals surface area contributed by atoms with Gasteiger partial charge >= 0.3 is 6.36 Å². The highest BCUT2D eigenvalue weighted by Crippen LogP contribution is 2.22. The molecule has 7 heteroatoms. The van der Waals surface area contributed by atoms with Crippen molar-refractivity contribution in [3.8, 4) is 5.75 Å². The Balaban J connectivity index is 2.53. The van der Waals surface area contributed by atoms with Gasteiger partial charge in [-0.15, -0.1) is 13.2 Å². The molecule has 1 aromatic carbocycles. The predicted molar refractivity (Wildman–Crippen MR) is 73.0 cm³/mol. The molecule has 0 saturated carbocycles. The lowest BCUT2D eigenvalue weighted by molar-refractivity contribution is -0.274. The largest absolute Gasteiger partial charge is 0.573 e. The Morgan fingerprint density at radius 1 is 1.35 bits per heavy atom. The van der Waals surface area contributed by atoms with Crippen molar-refractivity contribution in [1.29, 1.82) is 0 Å². The number of halogens is 4. The minimum absolute atomic E-state index is 0.297. The Hall–Kier alpha value is -1.24. The number of benzene rings is 1. The minimum atomic E-state index is -4.73. The molecule has 3 nitrogen and oxygen atoms in total. The van der Waals surface area contributed by atoms with E-state index in [-0.39, 0.29) is 11.7 Å². The van der Waals surface area contributed by atoms with Crippen LogP contribution in [-0.4, -0.2) is 24.1 Å². The van der Waals surface area contributed by atoms with E-state index in [4.69, 9.17) is 0 Å². The van der Waals surface area contributed by atoms with Gasteiger partial charge in [-0.1, -0.05) is 22.9 Å². The second kappa shape index (κ2) is 7.52. The van der Waals surface area contributed by atoms with Gasteiger partial charge in [0.2, 0.25) is 0 Å². The Kier molecular flexibility index (Phi) is 6.32. The van der Waals surface area contributed by atoms with Crippen LogP contribution >= 0.6 is 15.9 Å². The fourth-order valence-electron chi connectivity index (χ4n) is 1.47. The van der Waals surface area contributed by atoms with Crippen molar-refractivity contribution in [3.63, 3.8) is 0 Å². The second-order valence-electron chi connectivity index (χ2n) is 4.37. The van der Waals surface area contributed by atoms with E-state index in [2.05, 4.69) is 26.0 Å². The number of amides is 1. The third kappa shape index (κ3) is 6.27. The molecule has 0 aliphatic heterocycles. The van der Waals surface area contributed by atoms with Gasteiger partial charge in [-0.25, -0.2) is 0 Å². The van der Waals surface area contributed by atoms with Crippen molar-refractivity contribution < 1.29 is 22.7 Å². The summed E-state index contributed by atoms with van der Waals surface area (Å²) in [6.45, 7) is 2.52. The first-order valence-electron chi connectivity index (χ1n) is 6.02. The number of hydrogen-bond acceptors (Lipinski definition) is 2. The van der Waals surface area contributed by atoms with Crippen LogP contribution in [0, 0.1) is 5.92 Å². The third-order valence-electron chi connectivity index (χ3n) is 2.56. The normalized spacial score (nSPS) is 12.8. The van der Waals surface area contributed by atoms with E-state index in [1.165, 1.54) is 12.1 Å². The van der Waals surface area contributed by atoms with Gasteiger partial charge in [0.05, 0.1) is 0 Å². The number of nitrogens with one attached hydrogen (secondary N) is 1. The number of carbonyl (C=O) groups is 1. The summed E-state index contributed by atoms with van der Waals surface area (Å²) in [5, 5.41) is 3.58. The molecule has 1 amide bonds. The van der Waals surface area contributed by atoms with E-state index in [1.54, 1.807) is 0 Å². The average molecular weight is 354 g/mol. The van der Waals surface area contributed by atoms with Crippen molar-refractivity contribution in [2.45, 2.75) is 19.7 Å². The monoisotopic (exact) mass is 353 g/mol. The molecular formula is C13H15BrF3NO2. The van der Waals surface area contributed by atoms with Gasteiger partial charge in [0, 0.05) is 17.4 Å². The van der Waals surface area contributed by atoms with E-state index < -0.39 is 6.36 Å². The van der Waals surface area contributed by atoms with Crippen LogP contribution in [0.4, 0.5) is 13.2 Å². The highest BCUT2D eigenvalue weighted by molar-refractivity contribution is 9.09. The SMILES string of the molecule is CC(CCBr)CNC(=O)c1ccc(OC(F)(F)F)cc1. The fraction of sp³-hybridized carbons (Fsp3) is 0.462. The maximum Gasteiger partial charge on any atom is 0.573 e. The summed E-state index contributed by atoms with van der Waals surface area (Å²) in [6.07, 6.45) is -3.80. The van der Waals surface area contributed by atoms with E-state index in [9.17, 15) is 18.0 Å². The van der Waals surface area contributed by atoms with Gasteiger partial charge in [0.15, 0.2) is 0 Å². The maximum atomic E-state index is 12.0. The van der Waals surface area contributed by atoms with E-state index in [0.29, 0.717) is 18.0 Å². The fourth-order valence-corrected chi connectivity index (χ4v) is 2.25. The van der Waals surface area contributed by atoms with Crippen LogP contribution in [0.1, 0.15) is 23.7 Å². The Labute approximate surface area is 123 Å². The average Bonchev–Trinajstić information content (AvgIpc) is 2.35. The molecule has 1 aromatic rings. The molecule has 1 atom stereocenters. The van der Waals surface area contributed by atoms with Crippen molar-refractivity contribution in [2.75, 3.05) is 11.9 Å². The summed E-state index contributed by atoms with van der Waals surface area (Å²) in [5.74, 6) is -0.335. The zero-order valence-corrected chi connectivity index (χ0v) is 12.4. The van der Waals surface area contributed by atoms with Crippen LogP contribution in [-0.2, 0) is 0 Å². The smallest absolute Gasteiger partial charge is 0.406 e. The third-order valence-corrected chi connectivity index (χ3v) is 3.02. The molecule has 0 saturated heterocycles. The highest BCUT2D eigenvalue weighted by atomic mass is 79.9. The molecule has 1 N–H and O–H groups in total.